The molecule has 0 radical (unpaired) electrons. The smallest absolute Gasteiger partial charge is 0.101 e. The van der Waals surface area contributed by atoms with Gasteiger partial charge in [-0.1, -0.05) is 6.07 Å². The first-order valence-electron chi connectivity index (χ1n) is 6.80. The molecule has 2 rings (SSSR count). The van der Waals surface area contributed by atoms with Crippen LogP contribution in [0.4, 0.5) is 5.69 Å². The average molecular weight is 259 g/mol. The quantitative estimate of drug-likeness (QED) is 0.723. The van der Waals surface area contributed by atoms with Gasteiger partial charge in [0.15, 0.2) is 0 Å². The number of aliphatic hydroxyl groups excluding tert-OH is 1. The molecule has 19 heavy (non-hydrogen) atoms. The first-order chi connectivity index (χ1) is 9.10. The van der Waals surface area contributed by atoms with Crippen LogP contribution in [0.25, 0.3) is 0 Å². The van der Waals surface area contributed by atoms with E-state index >= 15 is 0 Å². The second-order valence-corrected chi connectivity index (χ2v) is 5.38. The topological polar surface area (TPSA) is 82.1 Å². The molecule has 4 heteroatoms. The number of benzene rings is 1. The summed E-state index contributed by atoms with van der Waals surface area (Å²) in [7, 11) is 0. The number of hydrogen-bond acceptors (Lipinski definition) is 4. The van der Waals surface area contributed by atoms with E-state index in [0.717, 1.165) is 36.8 Å². The summed E-state index contributed by atoms with van der Waals surface area (Å²) in [5.74, 6) is 0. The molecule has 4 nitrogen and oxygen atoms in total. The normalized spacial score (nSPS) is 23.0. The molecule has 1 saturated carbocycles. The van der Waals surface area contributed by atoms with Crippen LogP contribution in [-0.4, -0.2) is 17.3 Å². The minimum atomic E-state index is -0.132. The van der Waals surface area contributed by atoms with Gasteiger partial charge >= 0.3 is 0 Å². The maximum absolute atomic E-state index is 9.48. The summed E-state index contributed by atoms with van der Waals surface area (Å²) < 4.78 is 0. The van der Waals surface area contributed by atoms with Crippen molar-refractivity contribution >= 4 is 5.69 Å². The van der Waals surface area contributed by atoms with Crippen molar-refractivity contribution in [3.8, 4) is 6.07 Å². The lowest BCUT2D eigenvalue weighted by molar-refractivity contribution is 0.116. The van der Waals surface area contributed by atoms with Gasteiger partial charge in [-0.3, -0.25) is 0 Å². The molecule has 1 fully saturated rings. The van der Waals surface area contributed by atoms with Gasteiger partial charge < -0.3 is 16.2 Å². The van der Waals surface area contributed by atoms with E-state index in [2.05, 4.69) is 11.4 Å². The van der Waals surface area contributed by atoms with Gasteiger partial charge in [0, 0.05) is 12.6 Å². The van der Waals surface area contributed by atoms with Gasteiger partial charge in [0.25, 0.3) is 0 Å². The number of aryl methyl sites for hydroxylation is 1. The number of aliphatic hydroxyl groups is 1. The van der Waals surface area contributed by atoms with Crippen molar-refractivity contribution in [2.24, 2.45) is 0 Å². The molecule has 4 N–H and O–H groups in total. The first kappa shape index (κ1) is 13.9. The molecule has 102 valence electrons. The summed E-state index contributed by atoms with van der Waals surface area (Å²) in [6.07, 6.45) is 3.59. The fraction of sp³-hybridized carbons (Fsp3) is 0.533. The zero-order valence-corrected chi connectivity index (χ0v) is 11.3. The lowest BCUT2D eigenvalue weighted by atomic mass is 9.93. The predicted molar refractivity (Wildman–Crippen MR) is 75.4 cm³/mol. The Labute approximate surface area is 114 Å². The number of hydrogen-bond donors (Lipinski definition) is 3. The number of nitrogens with two attached hydrogens (primary N) is 1. The third kappa shape index (κ3) is 3.46. The lowest BCUT2D eigenvalue weighted by Crippen LogP contribution is -2.34. The highest BCUT2D eigenvalue weighted by atomic mass is 16.3. The van der Waals surface area contributed by atoms with Crippen molar-refractivity contribution in [3.05, 3.63) is 28.8 Å². The van der Waals surface area contributed by atoms with Crippen molar-refractivity contribution < 1.29 is 5.11 Å². The van der Waals surface area contributed by atoms with Crippen LogP contribution in [0, 0.1) is 18.3 Å². The van der Waals surface area contributed by atoms with Crippen molar-refractivity contribution in [3.63, 3.8) is 0 Å². The summed E-state index contributed by atoms with van der Waals surface area (Å²) >= 11 is 0. The van der Waals surface area contributed by atoms with Crippen LogP contribution in [0.2, 0.25) is 0 Å². The Morgan fingerprint density at radius 2 is 2.05 bits per heavy atom. The van der Waals surface area contributed by atoms with Crippen LogP contribution >= 0.6 is 0 Å². The Morgan fingerprint density at radius 3 is 2.68 bits per heavy atom. The molecule has 0 atom stereocenters. The Hall–Kier alpha value is -1.57. The predicted octanol–water partition coefficient (Wildman–Crippen LogP) is 1.84. The molecule has 1 aliphatic rings. The highest BCUT2D eigenvalue weighted by Crippen LogP contribution is 2.22. The molecular formula is C15H21N3O. The van der Waals surface area contributed by atoms with Crippen LogP contribution in [0.1, 0.15) is 42.4 Å². The minimum Gasteiger partial charge on any atom is -0.397 e. The molecule has 1 aromatic rings. The van der Waals surface area contributed by atoms with Crippen LogP contribution in [0.15, 0.2) is 12.1 Å². The maximum Gasteiger partial charge on any atom is 0.101 e. The van der Waals surface area contributed by atoms with E-state index in [1.807, 2.05) is 19.1 Å². The van der Waals surface area contributed by atoms with Crippen molar-refractivity contribution in [2.75, 3.05) is 5.73 Å². The zero-order chi connectivity index (χ0) is 13.8. The van der Waals surface area contributed by atoms with E-state index in [1.165, 1.54) is 0 Å². The SMILES string of the molecule is Cc1cc(C#N)c(N)c(CNC2CCC(O)CC2)c1. The molecule has 1 aromatic carbocycles. The van der Waals surface area contributed by atoms with Gasteiger partial charge in [-0.2, -0.15) is 5.26 Å². The number of anilines is 1. The second kappa shape index (κ2) is 6.05. The fourth-order valence-corrected chi connectivity index (χ4v) is 2.65. The summed E-state index contributed by atoms with van der Waals surface area (Å²) in [4.78, 5) is 0. The van der Waals surface area contributed by atoms with Crippen LogP contribution < -0.4 is 11.1 Å². The molecule has 0 heterocycles. The van der Waals surface area contributed by atoms with Crippen molar-refractivity contribution in [1.82, 2.24) is 5.32 Å². The van der Waals surface area contributed by atoms with Gasteiger partial charge in [0.05, 0.1) is 17.4 Å². The van der Waals surface area contributed by atoms with Crippen molar-refractivity contribution in [1.29, 1.82) is 5.26 Å². The summed E-state index contributed by atoms with van der Waals surface area (Å²) in [6, 6.07) is 6.42. The molecule has 0 aromatic heterocycles. The number of nitrogens with zero attached hydrogens (tertiary/aromatic N) is 1. The third-order valence-corrected chi connectivity index (χ3v) is 3.81. The standard InChI is InChI=1S/C15H21N3O/c1-10-6-11(8-16)15(17)12(7-10)9-18-13-2-4-14(19)5-3-13/h6-7,13-14,18-19H,2-5,9,17H2,1H3. The van der Waals surface area contributed by atoms with Crippen LogP contribution in [0.3, 0.4) is 0 Å². The largest absolute Gasteiger partial charge is 0.397 e. The Morgan fingerprint density at radius 1 is 1.37 bits per heavy atom. The van der Waals surface area contributed by atoms with E-state index in [0.29, 0.717) is 23.8 Å². The molecular weight excluding hydrogens is 238 g/mol. The molecule has 0 unspecified atom stereocenters. The van der Waals surface area contributed by atoms with E-state index in [4.69, 9.17) is 11.0 Å². The molecule has 0 amide bonds. The highest BCUT2D eigenvalue weighted by molar-refractivity contribution is 5.60. The monoisotopic (exact) mass is 259 g/mol. The molecule has 0 aliphatic heterocycles. The van der Waals surface area contributed by atoms with Gasteiger partial charge in [-0.05, 0) is 49.8 Å². The maximum atomic E-state index is 9.48. The Bertz CT molecular complexity index is 485. The van der Waals surface area contributed by atoms with Gasteiger partial charge in [-0.25, -0.2) is 0 Å². The Balaban J connectivity index is 2.00. The van der Waals surface area contributed by atoms with Crippen LogP contribution in [0.5, 0.6) is 0 Å². The second-order valence-electron chi connectivity index (χ2n) is 5.38. The van der Waals surface area contributed by atoms with E-state index in [9.17, 15) is 5.11 Å². The van der Waals surface area contributed by atoms with Gasteiger partial charge in [0.1, 0.15) is 6.07 Å². The average Bonchev–Trinajstić information content (AvgIpc) is 2.41. The van der Waals surface area contributed by atoms with Crippen molar-refractivity contribution in [2.45, 2.75) is 51.3 Å². The molecule has 0 bridgehead atoms. The first-order valence-corrected chi connectivity index (χ1v) is 6.80. The Kier molecular flexibility index (Phi) is 4.41. The minimum absolute atomic E-state index is 0.132. The summed E-state index contributed by atoms with van der Waals surface area (Å²) in [5, 5.41) is 22.0. The zero-order valence-electron chi connectivity index (χ0n) is 11.3. The molecule has 0 saturated heterocycles. The summed E-state index contributed by atoms with van der Waals surface area (Å²) in [6.45, 7) is 2.66. The fourth-order valence-electron chi connectivity index (χ4n) is 2.65. The van der Waals surface area contributed by atoms with Crippen LogP contribution in [-0.2, 0) is 6.54 Å². The van der Waals surface area contributed by atoms with Gasteiger partial charge in [-0.15, -0.1) is 0 Å². The number of nitrogen functional groups attached to an aromatic ring is 1. The number of nitrogens with one attached hydrogen (secondary N) is 1. The highest BCUT2D eigenvalue weighted by Gasteiger charge is 2.19. The number of nitriles is 1. The molecule has 0 spiro atoms. The number of rotatable bonds is 3. The van der Waals surface area contributed by atoms with E-state index in [1.54, 1.807) is 0 Å². The third-order valence-electron chi connectivity index (χ3n) is 3.81. The summed E-state index contributed by atoms with van der Waals surface area (Å²) in [5.41, 5.74) is 9.18. The lowest BCUT2D eigenvalue weighted by Gasteiger charge is -2.26. The molecule has 1 aliphatic carbocycles. The van der Waals surface area contributed by atoms with E-state index in [-0.39, 0.29) is 6.10 Å². The van der Waals surface area contributed by atoms with Gasteiger partial charge in [0.2, 0.25) is 0 Å². The van der Waals surface area contributed by atoms with E-state index < -0.39 is 0 Å².